The van der Waals surface area contributed by atoms with Gasteiger partial charge in [0.25, 0.3) is 15.9 Å². The summed E-state index contributed by atoms with van der Waals surface area (Å²) in [6.07, 6.45) is -1.23. The fourth-order valence-corrected chi connectivity index (χ4v) is 3.15. The number of hydrogen-bond donors (Lipinski definition) is 3. The average molecular weight is 405 g/mol. The molecule has 0 heterocycles. The van der Waals surface area contributed by atoms with E-state index in [1.54, 1.807) is 18.2 Å². The first-order valence-corrected chi connectivity index (χ1v) is 9.63. The average Bonchev–Trinajstić information content (AvgIpc) is 2.68. The highest BCUT2D eigenvalue weighted by molar-refractivity contribution is 7.92. The van der Waals surface area contributed by atoms with Gasteiger partial charge in [-0.15, -0.1) is 0 Å². The number of amides is 3. The number of anilines is 1. The van der Waals surface area contributed by atoms with Gasteiger partial charge in [-0.25, -0.2) is 18.0 Å². The molecule has 28 heavy (non-hydrogen) atoms. The van der Waals surface area contributed by atoms with Crippen molar-refractivity contribution >= 4 is 33.6 Å². The van der Waals surface area contributed by atoms with Crippen LogP contribution in [0.3, 0.4) is 0 Å². The molecule has 0 aromatic heterocycles. The maximum Gasteiger partial charge on any atom is 0.338 e. The number of hydrogen-bond acceptors (Lipinski definition) is 6. The number of sulfonamides is 1. The summed E-state index contributed by atoms with van der Waals surface area (Å²) in [6.45, 7) is 1.30. The van der Waals surface area contributed by atoms with Crippen molar-refractivity contribution in [1.29, 1.82) is 0 Å². The molecule has 9 nitrogen and oxygen atoms in total. The third kappa shape index (κ3) is 5.55. The lowest BCUT2D eigenvalue weighted by atomic mass is 10.2. The van der Waals surface area contributed by atoms with Gasteiger partial charge in [-0.2, -0.15) is 0 Å². The molecule has 2 rings (SSSR count). The second-order valence-electron chi connectivity index (χ2n) is 5.62. The van der Waals surface area contributed by atoms with Gasteiger partial charge in [0.1, 0.15) is 0 Å². The van der Waals surface area contributed by atoms with Crippen molar-refractivity contribution in [1.82, 2.24) is 10.6 Å². The molecule has 3 amide bonds. The van der Waals surface area contributed by atoms with Crippen LogP contribution >= 0.6 is 0 Å². The number of nitrogens with one attached hydrogen (secondary N) is 3. The molecular formula is C18H19N3O6S. The number of urea groups is 1. The lowest BCUT2D eigenvalue weighted by molar-refractivity contribution is -0.127. The summed E-state index contributed by atoms with van der Waals surface area (Å²) in [5, 5.41) is 4.19. The van der Waals surface area contributed by atoms with E-state index in [1.165, 1.54) is 50.4 Å². The van der Waals surface area contributed by atoms with Gasteiger partial charge in [0.05, 0.1) is 10.5 Å². The molecule has 3 N–H and O–H groups in total. The molecule has 0 aliphatic carbocycles. The van der Waals surface area contributed by atoms with Crippen LogP contribution in [0.1, 0.15) is 17.3 Å². The summed E-state index contributed by atoms with van der Waals surface area (Å²) in [4.78, 5) is 35.2. The van der Waals surface area contributed by atoms with Gasteiger partial charge in [0.2, 0.25) is 0 Å². The molecule has 2 aromatic rings. The molecule has 0 saturated heterocycles. The van der Waals surface area contributed by atoms with E-state index in [2.05, 4.69) is 10.0 Å². The van der Waals surface area contributed by atoms with E-state index >= 15 is 0 Å². The SMILES string of the molecule is CNC(=O)NC(=O)C(C)OC(=O)c1cccc(NS(=O)(=O)c2ccccc2)c1. The highest BCUT2D eigenvalue weighted by atomic mass is 32.2. The number of rotatable bonds is 6. The predicted octanol–water partition coefficient (Wildman–Crippen LogP) is 1.49. The van der Waals surface area contributed by atoms with Crippen LogP contribution in [0, 0.1) is 0 Å². The molecule has 0 saturated carbocycles. The largest absolute Gasteiger partial charge is 0.449 e. The van der Waals surface area contributed by atoms with E-state index in [0.717, 1.165) is 0 Å². The standard InChI is InChI=1S/C18H19N3O6S/c1-12(16(22)20-18(24)19-2)27-17(23)13-7-6-8-14(11-13)21-28(25,26)15-9-4-3-5-10-15/h3-12,21H,1-2H3,(H2,19,20,22,24). The second-order valence-corrected chi connectivity index (χ2v) is 7.30. The Hall–Kier alpha value is -3.40. The zero-order valence-electron chi connectivity index (χ0n) is 15.1. The summed E-state index contributed by atoms with van der Waals surface area (Å²) < 4.78 is 32.1. The quantitative estimate of drug-likeness (QED) is 0.624. The minimum atomic E-state index is -3.82. The molecule has 0 aliphatic heterocycles. The first kappa shape index (κ1) is 20.9. The van der Waals surface area contributed by atoms with Crippen molar-refractivity contribution in [2.45, 2.75) is 17.9 Å². The molecule has 0 spiro atoms. The fraction of sp³-hybridized carbons (Fsp3) is 0.167. The van der Waals surface area contributed by atoms with Crippen LogP contribution in [0.15, 0.2) is 59.5 Å². The molecule has 0 aliphatic rings. The summed E-state index contributed by atoms with van der Waals surface area (Å²) in [5.41, 5.74) is 0.189. The molecule has 1 atom stereocenters. The summed E-state index contributed by atoms with van der Waals surface area (Å²) >= 11 is 0. The van der Waals surface area contributed by atoms with E-state index in [-0.39, 0.29) is 16.1 Å². The Balaban J connectivity index is 2.09. The third-order valence-electron chi connectivity index (χ3n) is 3.52. The Bertz CT molecular complexity index is 976. The number of benzene rings is 2. The Kier molecular flexibility index (Phi) is 6.72. The van der Waals surface area contributed by atoms with Gasteiger partial charge < -0.3 is 10.1 Å². The zero-order chi connectivity index (χ0) is 20.7. The van der Waals surface area contributed by atoms with Crippen molar-refractivity contribution in [2.24, 2.45) is 0 Å². The van der Waals surface area contributed by atoms with Crippen molar-refractivity contribution in [3.63, 3.8) is 0 Å². The van der Waals surface area contributed by atoms with Crippen LogP contribution in [0.2, 0.25) is 0 Å². The van der Waals surface area contributed by atoms with Crippen LogP contribution in [0.25, 0.3) is 0 Å². The predicted molar refractivity (Wildman–Crippen MR) is 101 cm³/mol. The molecular weight excluding hydrogens is 386 g/mol. The van der Waals surface area contributed by atoms with Crippen LogP contribution in [0.4, 0.5) is 10.5 Å². The normalized spacial score (nSPS) is 11.8. The van der Waals surface area contributed by atoms with Gasteiger partial charge in [0, 0.05) is 12.7 Å². The smallest absolute Gasteiger partial charge is 0.338 e. The van der Waals surface area contributed by atoms with Crippen LogP contribution in [-0.2, 0) is 19.6 Å². The number of ether oxygens (including phenoxy) is 1. The number of imide groups is 1. The topological polar surface area (TPSA) is 131 Å². The minimum absolute atomic E-state index is 0.0351. The molecule has 148 valence electrons. The lowest BCUT2D eigenvalue weighted by Crippen LogP contribution is -2.43. The maximum atomic E-state index is 12.4. The minimum Gasteiger partial charge on any atom is -0.449 e. The molecule has 0 radical (unpaired) electrons. The summed E-state index contributed by atoms with van der Waals surface area (Å²) in [6, 6.07) is 12.6. The zero-order valence-corrected chi connectivity index (χ0v) is 15.9. The molecule has 1 unspecified atom stereocenters. The van der Waals surface area contributed by atoms with Crippen molar-refractivity contribution in [3.05, 3.63) is 60.2 Å². The number of carbonyl (C=O) groups is 3. The fourth-order valence-electron chi connectivity index (χ4n) is 2.08. The number of esters is 1. The van der Waals surface area contributed by atoms with Crippen molar-refractivity contribution in [2.75, 3.05) is 11.8 Å². The Morgan fingerprint density at radius 1 is 1.00 bits per heavy atom. The van der Waals surface area contributed by atoms with Gasteiger partial charge in [-0.3, -0.25) is 14.8 Å². The summed E-state index contributed by atoms with van der Waals surface area (Å²) in [7, 11) is -2.48. The molecule has 0 fully saturated rings. The third-order valence-corrected chi connectivity index (χ3v) is 4.92. The first-order valence-electron chi connectivity index (χ1n) is 8.14. The van der Waals surface area contributed by atoms with Gasteiger partial charge in [-0.05, 0) is 37.3 Å². The lowest BCUT2D eigenvalue weighted by Gasteiger charge is -2.13. The van der Waals surface area contributed by atoms with E-state index in [1.807, 2.05) is 5.32 Å². The highest BCUT2D eigenvalue weighted by Gasteiger charge is 2.21. The van der Waals surface area contributed by atoms with Crippen LogP contribution < -0.4 is 15.4 Å². The van der Waals surface area contributed by atoms with E-state index < -0.39 is 34.0 Å². The Morgan fingerprint density at radius 3 is 2.32 bits per heavy atom. The second kappa shape index (κ2) is 9.00. The van der Waals surface area contributed by atoms with Crippen molar-refractivity contribution < 1.29 is 27.5 Å². The van der Waals surface area contributed by atoms with E-state index in [4.69, 9.17) is 4.74 Å². The van der Waals surface area contributed by atoms with Gasteiger partial charge in [0.15, 0.2) is 6.10 Å². The van der Waals surface area contributed by atoms with E-state index in [0.29, 0.717) is 0 Å². The monoisotopic (exact) mass is 405 g/mol. The summed E-state index contributed by atoms with van der Waals surface area (Å²) in [5.74, 6) is -1.64. The Morgan fingerprint density at radius 2 is 1.68 bits per heavy atom. The first-order chi connectivity index (χ1) is 13.2. The van der Waals surface area contributed by atoms with Gasteiger partial charge >= 0.3 is 12.0 Å². The number of carbonyl (C=O) groups excluding carboxylic acids is 3. The van der Waals surface area contributed by atoms with Gasteiger partial charge in [-0.1, -0.05) is 24.3 Å². The molecule has 2 aromatic carbocycles. The molecule has 0 bridgehead atoms. The molecule has 10 heteroatoms. The maximum absolute atomic E-state index is 12.4. The van der Waals surface area contributed by atoms with Crippen LogP contribution in [0.5, 0.6) is 0 Å². The van der Waals surface area contributed by atoms with Crippen LogP contribution in [-0.4, -0.2) is 39.5 Å². The Labute approximate surface area is 162 Å². The van der Waals surface area contributed by atoms with Crippen molar-refractivity contribution in [3.8, 4) is 0 Å². The van der Waals surface area contributed by atoms with E-state index in [9.17, 15) is 22.8 Å². The highest BCUT2D eigenvalue weighted by Crippen LogP contribution is 2.18.